The minimum absolute atomic E-state index is 0.0557. The van der Waals surface area contributed by atoms with Crippen molar-refractivity contribution in [3.63, 3.8) is 0 Å². The summed E-state index contributed by atoms with van der Waals surface area (Å²) in [4.78, 5) is 4.32. The van der Waals surface area contributed by atoms with Crippen molar-refractivity contribution in [1.82, 2.24) is 4.98 Å². The molecule has 4 nitrogen and oxygen atoms in total. The molecule has 1 aliphatic heterocycles. The molecule has 2 atom stereocenters. The first-order chi connectivity index (χ1) is 6.27. The smallest absolute Gasteiger partial charge is 0.199 e. The summed E-state index contributed by atoms with van der Waals surface area (Å²) >= 11 is 0. The van der Waals surface area contributed by atoms with E-state index in [0.717, 1.165) is 31.2 Å². The second kappa shape index (κ2) is 3.47. The van der Waals surface area contributed by atoms with E-state index >= 15 is 0 Å². The van der Waals surface area contributed by atoms with Crippen molar-refractivity contribution in [3.05, 3.63) is 17.8 Å². The summed E-state index contributed by atoms with van der Waals surface area (Å²) in [7, 11) is 0. The van der Waals surface area contributed by atoms with Gasteiger partial charge in [-0.2, -0.15) is 0 Å². The Morgan fingerprint density at radius 1 is 1.69 bits per heavy atom. The highest BCUT2D eigenvalue weighted by Crippen LogP contribution is 2.25. The highest BCUT2D eigenvalue weighted by Gasteiger charge is 2.22. The Kier molecular flexibility index (Phi) is 2.33. The Hall–Kier alpha value is -0.870. The second-order valence-electron chi connectivity index (χ2n) is 3.46. The van der Waals surface area contributed by atoms with Crippen molar-refractivity contribution < 1.29 is 9.15 Å². The summed E-state index contributed by atoms with van der Waals surface area (Å²) in [5.74, 6) is 1.09. The van der Waals surface area contributed by atoms with E-state index in [1.54, 1.807) is 6.26 Å². The van der Waals surface area contributed by atoms with Gasteiger partial charge in [-0.1, -0.05) is 0 Å². The zero-order valence-corrected chi connectivity index (χ0v) is 7.69. The molecular weight excluding hydrogens is 168 g/mol. The Labute approximate surface area is 77.1 Å². The largest absolute Gasteiger partial charge is 0.448 e. The number of oxazole rings is 1. The van der Waals surface area contributed by atoms with Crippen molar-refractivity contribution in [2.24, 2.45) is 5.73 Å². The molecule has 0 amide bonds. The summed E-state index contributed by atoms with van der Waals surface area (Å²) in [6.45, 7) is 3.42. The van der Waals surface area contributed by atoms with Crippen LogP contribution in [0.1, 0.15) is 36.9 Å². The standard InChI is InChI=1S/C9H14N2O2/c1-6(10)8-5-13-9(11-8)7-2-3-12-4-7/h5-7H,2-4,10H2,1H3. The molecule has 0 saturated carbocycles. The predicted octanol–water partition coefficient (Wildman–Crippen LogP) is 1.20. The Morgan fingerprint density at radius 2 is 2.54 bits per heavy atom. The first-order valence-corrected chi connectivity index (χ1v) is 4.56. The van der Waals surface area contributed by atoms with Gasteiger partial charge in [0, 0.05) is 12.6 Å². The fourth-order valence-corrected chi connectivity index (χ4v) is 1.43. The normalized spacial score (nSPS) is 24.9. The van der Waals surface area contributed by atoms with E-state index in [0.29, 0.717) is 5.92 Å². The van der Waals surface area contributed by atoms with Gasteiger partial charge in [-0.3, -0.25) is 0 Å². The lowest BCUT2D eigenvalue weighted by molar-refractivity contribution is 0.190. The van der Waals surface area contributed by atoms with Gasteiger partial charge in [0.25, 0.3) is 0 Å². The van der Waals surface area contributed by atoms with Crippen LogP contribution in [0, 0.1) is 0 Å². The molecule has 2 unspecified atom stereocenters. The summed E-state index contributed by atoms with van der Waals surface area (Å²) in [6.07, 6.45) is 2.64. The van der Waals surface area contributed by atoms with Gasteiger partial charge in [-0.25, -0.2) is 4.98 Å². The Morgan fingerprint density at radius 3 is 3.08 bits per heavy atom. The Balaban J connectivity index is 2.12. The maximum atomic E-state index is 5.67. The maximum absolute atomic E-state index is 5.67. The van der Waals surface area contributed by atoms with Crippen LogP contribution in [0.4, 0.5) is 0 Å². The van der Waals surface area contributed by atoms with Crippen LogP contribution >= 0.6 is 0 Å². The molecule has 2 rings (SSSR count). The van der Waals surface area contributed by atoms with Gasteiger partial charge < -0.3 is 14.9 Å². The average Bonchev–Trinajstić information content (AvgIpc) is 2.75. The van der Waals surface area contributed by atoms with Gasteiger partial charge in [-0.05, 0) is 13.3 Å². The van der Waals surface area contributed by atoms with Crippen LogP contribution in [0.25, 0.3) is 0 Å². The Bertz CT molecular complexity index is 277. The molecule has 0 radical (unpaired) electrons. The minimum atomic E-state index is -0.0557. The van der Waals surface area contributed by atoms with Crippen LogP contribution in [0.15, 0.2) is 10.7 Å². The molecule has 4 heteroatoms. The van der Waals surface area contributed by atoms with E-state index in [9.17, 15) is 0 Å². The average molecular weight is 182 g/mol. The van der Waals surface area contributed by atoms with Crippen molar-refractivity contribution in [2.75, 3.05) is 13.2 Å². The van der Waals surface area contributed by atoms with Gasteiger partial charge in [0.15, 0.2) is 5.89 Å². The third-order valence-electron chi connectivity index (χ3n) is 2.29. The summed E-state index contributed by atoms with van der Waals surface area (Å²) in [5, 5.41) is 0. The van der Waals surface area contributed by atoms with Gasteiger partial charge >= 0.3 is 0 Å². The fraction of sp³-hybridized carbons (Fsp3) is 0.667. The molecule has 1 fully saturated rings. The van der Waals surface area contributed by atoms with Crippen molar-refractivity contribution in [2.45, 2.75) is 25.3 Å². The minimum Gasteiger partial charge on any atom is -0.448 e. The molecule has 0 spiro atoms. The molecule has 1 saturated heterocycles. The third kappa shape index (κ3) is 1.73. The number of nitrogens with zero attached hydrogens (tertiary/aromatic N) is 1. The van der Waals surface area contributed by atoms with E-state index in [4.69, 9.17) is 14.9 Å². The summed E-state index contributed by atoms with van der Waals surface area (Å²) < 4.78 is 10.6. The SMILES string of the molecule is CC(N)c1coc(C2CCOC2)n1. The zero-order chi connectivity index (χ0) is 9.26. The molecular formula is C9H14N2O2. The lowest BCUT2D eigenvalue weighted by Crippen LogP contribution is -2.06. The molecule has 2 heterocycles. The highest BCUT2D eigenvalue weighted by atomic mass is 16.5. The maximum Gasteiger partial charge on any atom is 0.199 e. The molecule has 0 bridgehead atoms. The van der Waals surface area contributed by atoms with Gasteiger partial charge in [0.05, 0.1) is 18.2 Å². The quantitative estimate of drug-likeness (QED) is 0.746. The van der Waals surface area contributed by atoms with Crippen LogP contribution in [0.5, 0.6) is 0 Å². The number of hydrogen-bond donors (Lipinski definition) is 1. The molecule has 2 N–H and O–H groups in total. The van der Waals surface area contributed by atoms with E-state index in [-0.39, 0.29) is 6.04 Å². The summed E-state index contributed by atoms with van der Waals surface area (Å²) in [6, 6.07) is -0.0557. The van der Waals surface area contributed by atoms with Gasteiger partial charge in [0.1, 0.15) is 6.26 Å². The topological polar surface area (TPSA) is 61.3 Å². The monoisotopic (exact) mass is 182 g/mol. The molecule has 0 aromatic carbocycles. The van der Waals surface area contributed by atoms with E-state index in [1.165, 1.54) is 0 Å². The van der Waals surface area contributed by atoms with Crippen LogP contribution in [0.3, 0.4) is 0 Å². The van der Waals surface area contributed by atoms with Gasteiger partial charge in [-0.15, -0.1) is 0 Å². The first-order valence-electron chi connectivity index (χ1n) is 4.56. The first kappa shape index (κ1) is 8.72. The second-order valence-corrected chi connectivity index (χ2v) is 3.46. The van der Waals surface area contributed by atoms with Crippen molar-refractivity contribution in [1.29, 1.82) is 0 Å². The summed E-state index contributed by atoms with van der Waals surface area (Å²) in [5.41, 5.74) is 6.49. The zero-order valence-electron chi connectivity index (χ0n) is 7.69. The molecule has 1 aromatic heterocycles. The van der Waals surface area contributed by atoms with Crippen molar-refractivity contribution in [3.8, 4) is 0 Å². The van der Waals surface area contributed by atoms with Crippen LogP contribution in [-0.2, 0) is 4.74 Å². The third-order valence-corrected chi connectivity index (χ3v) is 2.29. The predicted molar refractivity (Wildman–Crippen MR) is 47.3 cm³/mol. The molecule has 0 aliphatic carbocycles. The molecule has 72 valence electrons. The lowest BCUT2D eigenvalue weighted by Gasteiger charge is -2.00. The van der Waals surface area contributed by atoms with E-state index in [1.807, 2.05) is 6.92 Å². The number of nitrogens with two attached hydrogens (primary N) is 1. The van der Waals surface area contributed by atoms with Crippen LogP contribution in [-0.4, -0.2) is 18.2 Å². The van der Waals surface area contributed by atoms with E-state index < -0.39 is 0 Å². The van der Waals surface area contributed by atoms with Gasteiger partial charge in [0.2, 0.25) is 0 Å². The number of ether oxygens (including phenoxy) is 1. The lowest BCUT2D eigenvalue weighted by atomic mass is 10.1. The molecule has 1 aliphatic rings. The molecule has 13 heavy (non-hydrogen) atoms. The van der Waals surface area contributed by atoms with Crippen molar-refractivity contribution >= 4 is 0 Å². The van der Waals surface area contributed by atoms with Crippen LogP contribution < -0.4 is 5.73 Å². The van der Waals surface area contributed by atoms with E-state index in [2.05, 4.69) is 4.98 Å². The number of rotatable bonds is 2. The number of aromatic nitrogens is 1. The molecule has 1 aromatic rings. The highest BCUT2D eigenvalue weighted by molar-refractivity contribution is 5.05. The fourth-order valence-electron chi connectivity index (χ4n) is 1.43. The van der Waals surface area contributed by atoms with Crippen LogP contribution in [0.2, 0.25) is 0 Å². The number of hydrogen-bond acceptors (Lipinski definition) is 4.